The molecule has 1 heterocycles. The number of benzene rings is 2. The molecule has 0 aliphatic heterocycles. The molecule has 1 fully saturated rings. The highest BCUT2D eigenvalue weighted by molar-refractivity contribution is 7.89. The first-order chi connectivity index (χ1) is 18.4. The van der Waals surface area contributed by atoms with Gasteiger partial charge in [-0.1, -0.05) is 37.5 Å². The summed E-state index contributed by atoms with van der Waals surface area (Å²) >= 11 is 1.47. The lowest BCUT2D eigenvalue weighted by molar-refractivity contribution is -0.137. The molecule has 1 saturated carbocycles. The van der Waals surface area contributed by atoms with Crippen LogP contribution in [0.25, 0.3) is 0 Å². The molecule has 0 atom stereocenters. The van der Waals surface area contributed by atoms with E-state index in [9.17, 15) is 30.8 Å². The van der Waals surface area contributed by atoms with Gasteiger partial charge in [-0.25, -0.2) is 12.8 Å². The molecular weight excluding hydrogens is 552 g/mol. The van der Waals surface area contributed by atoms with Crippen molar-refractivity contribution in [3.8, 4) is 0 Å². The van der Waals surface area contributed by atoms with E-state index in [1.165, 1.54) is 28.4 Å². The summed E-state index contributed by atoms with van der Waals surface area (Å²) in [6, 6.07) is 10.8. The summed E-state index contributed by atoms with van der Waals surface area (Å²) in [5, 5.41) is 1.90. The number of alkyl halides is 3. The standard InChI is InChI=1S/C28H30F4N2O3S2/c1-20-14-15-38-26(20)18-33(17-21-10-12-23(29)13-11-21)27(35)19-34(24-7-3-2-4-8-24)39(36,37)25-9-5-6-22(16-25)28(30,31)32/h5-6,9-16,24H,2-4,7-8,17-19H2,1H3. The number of hydrogen-bond acceptors (Lipinski definition) is 4. The number of rotatable bonds is 9. The third kappa shape index (κ3) is 7.26. The van der Waals surface area contributed by atoms with E-state index in [1.54, 1.807) is 12.1 Å². The number of aryl methyl sites for hydroxylation is 1. The van der Waals surface area contributed by atoms with Crippen LogP contribution in [0.2, 0.25) is 0 Å². The van der Waals surface area contributed by atoms with Gasteiger partial charge in [0.05, 0.1) is 23.5 Å². The van der Waals surface area contributed by atoms with Crippen molar-refractivity contribution in [2.75, 3.05) is 6.54 Å². The maximum atomic E-state index is 13.8. The van der Waals surface area contributed by atoms with Gasteiger partial charge in [-0.2, -0.15) is 17.5 Å². The molecule has 0 unspecified atom stereocenters. The van der Waals surface area contributed by atoms with Crippen LogP contribution in [0.15, 0.2) is 64.9 Å². The van der Waals surface area contributed by atoms with Crippen molar-refractivity contribution in [1.82, 2.24) is 9.21 Å². The normalized spacial score (nSPS) is 15.0. The number of carbonyl (C=O) groups is 1. The van der Waals surface area contributed by atoms with E-state index in [0.29, 0.717) is 24.5 Å². The summed E-state index contributed by atoms with van der Waals surface area (Å²) in [7, 11) is -4.42. The summed E-state index contributed by atoms with van der Waals surface area (Å²) in [4.78, 5) is 15.7. The largest absolute Gasteiger partial charge is 0.416 e. The topological polar surface area (TPSA) is 57.7 Å². The maximum absolute atomic E-state index is 13.8. The van der Waals surface area contributed by atoms with Crippen molar-refractivity contribution < 1.29 is 30.8 Å². The number of halogens is 4. The molecular formula is C28H30F4N2O3S2. The van der Waals surface area contributed by atoms with Crippen molar-refractivity contribution in [1.29, 1.82) is 0 Å². The molecule has 0 bridgehead atoms. The highest BCUT2D eigenvalue weighted by atomic mass is 32.2. The third-order valence-corrected chi connectivity index (χ3v) is 9.89. The number of carbonyl (C=O) groups excluding carboxylic acids is 1. The minimum atomic E-state index is -4.71. The van der Waals surface area contributed by atoms with Crippen LogP contribution in [-0.2, 0) is 34.1 Å². The summed E-state index contributed by atoms with van der Waals surface area (Å²) in [5.41, 5.74) is 0.589. The van der Waals surface area contributed by atoms with Crippen molar-refractivity contribution in [2.24, 2.45) is 0 Å². The molecule has 2 aromatic carbocycles. The Morgan fingerprint density at radius 2 is 1.69 bits per heavy atom. The predicted octanol–water partition coefficient (Wildman–Crippen LogP) is 6.77. The van der Waals surface area contributed by atoms with Gasteiger partial charge in [-0.05, 0) is 72.7 Å². The maximum Gasteiger partial charge on any atom is 0.416 e. The number of sulfonamides is 1. The molecule has 0 radical (unpaired) electrons. The Labute approximate surface area is 230 Å². The molecule has 0 spiro atoms. The van der Waals surface area contributed by atoms with E-state index in [0.717, 1.165) is 52.2 Å². The summed E-state index contributed by atoms with van der Waals surface area (Å²) in [6.07, 6.45) is -1.21. The smallest absolute Gasteiger partial charge is 0.332 e. The van der Waals surface area contributed by atoms with Crippen molar-refractivity contribution >= 4 is 27.3 Å². The van der Waals surface area contributed by atoms with Gasteiger partial charge in [0.15, 0.2) is 0 Å². The quantitative estimate of drug-likeness (QED) is 0.262. The molecule has 5 nitrogen and oxygen atoms in total. The summed E-state index contributed by atoms with van der Waals surface area (Å²) in [5.74, 6) is -0.894. The zero-order valence-corrected chi connectivity index (χ0v) is 23.1. The van der Waals surface area contributed by atoms with Crippen LogP contribution >= 0.6 is 11.3 Å². The Morgan fingerprint density at radius 3 is 2.31 bits per heavy atom. The lowest BCUT2D eigenvalue weighted by Crippen LogP contribution is -2.47. The van der Waals surface area contributed by atoms with Crippen LogP contribution in [0.3, 0.4) is 0 Å². The molecule has 4 rings (SSSR count). The van der Waals surface area contributed by atoms with E-state index >= 15 is 0 Å². The van der Waals surface area contributed by atoms with Crippen LogP contribution < -0.4 is 0 Å². The van der Waals surface area contributed by atoms with Gasteiger partial charge >= 0.3 is 6.18 Å². The monoisotopic (exact) mass is 582 g/mol. The Hall–Kier alpha value is -2.76. The van der Waals surface area contributed by atoms with E-state index < -0.39 is 51.0 Å². The molecule has 210 valence electrons. The zero-order valence-electron chi connectivity index (χ0n) is 21.5. The average Bonchev–Trinajstić information content (AvgIpc) is 3.32. The molecule has 39 heavy (non-hydrogen) atoms. The Balaban J connectivity index is 1.67. The van der Waals surface area contributed by atoms with Crippen LogP contribution in [-0.4, -0.2) is 36.1 Å². The fraction of sp³-hybridized carbons (Fsp3) is 0.393. The molecule has 0 N–H and O–H groups in total. The fourth-order valence-corrected chi connectivity index (χ4v) is 7.36. The van der Waals surface area contributed by atoms with Crippen LogP contribution in [0.4, 0.5) is 17.6 Å². The predicted molar refractivity (Wildman–Crippen MR) is 142 cm³/mol. The first-order valence-corrected chi connectivity index (χ1v) is 15.0. The highest BCUT2D eigenvalue weighted by Gasteiger charge is 2.37. The Bertz CT molecular complexity index is 1380. The summed E-state index contributed by atoms with van der Waals surface area (Å²) in [6.45, 7) is 1.76. The first kappa shape index (κ1) is 29.2. The molecule has 3 aromatic rings. The number of nitrogens with zero attached hydrogens (tertiary/aromatic N) is 2. The molecule has 1 aromatic heterocycles. The highest BCUT2D eigenvalue weighted by Crippen LogP contribution is 2.33. The fourth-order valence-electron chi connectivity index (χ4n) is 4.76. The second kappa shape index (κ2) is 12.2. The lowest BCUT2D eigenvalue weighted by atomic mass is 9.95. The third-order valence-electron chi connectivity index (χ3n) is 6.98. The molecule has 11 heteroatoms. The van der Waals surface area contributed by atoms with Crippen LogP contribution in [0.1, 0.15) is 53.7 Å². The van der Waals surface area contributed by atoms with Crippen molar-refractivity contribution in [2.45, 2.75) is 69.2 Å². The van der Waals surface area contributed by atoms with E-state index in [2.05, 4.69) is 0 Å². The zero-order chi connectivity index (χ0) is 28.2. The van der Waals surface area contributed by atoms with Gasteiger partial charge in [-0.15, -0.1) is 11.3 Å². The second-order valence-electron chi connectivity index (χ2n) is 9.77. The van der Waals surface area contributed by atoms with Crippen LogP contribution in [0, 0.1) is 12.7 Å². The van der Waals surface area contributed by atoms with E-state index in [4.69, 9.17) is 0 Å². The number of thiophene rings is 1. The number of amides is 1. The second-order valence-corrected chi connectivity index (χ2v) is 12.7. The van der Waals surface area contributed by atoms with E-state index in [-0.39, 0.29) is 13.1 Å². The van der Waals surface area contributed by atoms with Gasteiger partial charge in [0, 0.05) is 17.5 Å². The SMILES string of the molecule is Cc1ccsc1CN(Cc1ccc(F)cc1)C(=O)CN(C1CCCCC1)S(=O)(=O)c1cccc(C(F)(F)F)c1. The first-order valence-electron chi connectivity index (χ1n) is 12.7. The molecule has 1 aliphatic carbocycles. The van der Waals surface area contributed by atoms with E-state index in [1.807, 2.05) is 18.4 Å². The van der Waals surface area contributed by atoms with Gasteiger partial charge in [-0.3, -0.25) is 4.79 Å². The number of hydrogen-bond donors (Lipinski definition) is 0. The summed E-state index contributed by atoms with van der Waals surface area (Å²) < 4.78 is 82.3. The molecule has 1 amide bonds. The molecule has 0 saturated heterocycles. The van der Waals surface area contributed by atoms with Crippen molar-refractivity contribution in [3.05, 3.63) is 87.4 Å². The van der Waals surface area contributed by atoms with Gasteiger partial charge in [0.25, 0.3) is 0 Å². The average molecular weight is 583 g/mol. The Morgan fingerprint density at radius 1 is 1.00 bits per heavy atom. The lowest BCUT2D eigenvalue weighted by Gasteiger charge is -2.34. The van der Waals surface area contributed by atoms with Gasteiger partial charge < -0.3 is 4.90 Å². The molecule has 1 aliphatic rings. The minimum absolute atomic E-state index is 0.124. The minimum Gasteiger partial charge on any atom is -0.332 e. The Kier molecular flexibility index (Phi) is 9.13. The van der Waals surface area contributed by atoms with Gasteiger partial charge in [0.2, 0.25) is 15.9 Å². The van der Waals surface area contributed by atoms with Crippen LogP contribution in [0.5, 0.6) is 0 Å². The van der Waals surface area contributed by atoms with Gasteiger partial charge in [0.1, 0.15) is 5.82 Å². The van der Waals surface area contributed by atoms with Crippen molar-refractivity contribution in [3.63, 3.8) is 0 Å².